The van der Waals surface area contributed by atoms with Crippen molar-refractivity contribution in [2.24, 2.45) is 0 Å². The lowest BCUT2D eigenvalue weighted by Crippen LogP contribution is -2.16. The summed E-state index contributed by atoms with van der Waals surface area (Å²) in [7, 11) is -3.92. The van der Waals surface area contributed by atoms with Crippen LogP contribution >= 0.6 is 0 Å². The number of aromatic nitrogens is 4. The molecule has 0 aliphatic carbocycles. The number of rotatable bonds is 7. The molecule has 5 rings (SSSR count). The minimum atomic E-state index is -3.92. The van der Waals surface area contributed by atoms with Crippen LogP contribution < -0.4 is 10.0 Å². The molecule has 0 bridgehead atoms. The summed E-state index contributed by atoms with van der Waals surface area (Å²) >= 11 is 0. The summed E-state index contributed by atoms with van der Waals surface area (Å²) in [5, 5.41) is 7.65. The van der Waals surface area contributed by atoms with Gasteiger partial charge >= 0.3 is 0 Å². The largest absolute Gasteiger partial charge is 0.322 e. The SMILES string of the molecule is Cc1cc(C)nc(NS(=O)(=O)c2ccc(NC(=O)c3c(-c4ccccc4)nn(-c4ccccc4)c3C)cc2)n1. The zero-order chi connectivity index (χ0) is 27.6. The average Bonchev–Trinajstić information content (AvgIpc) is 3.26. The Hall–Kier alpha value is -4.83. The van der Waals surface area contributed by atoms with Crippen molar-refractivity contribution in [2.45, 2.75) is 25.7 Å². The van der Waals surface area contributed by atoms with Gasteiger partial charge in [0.1, 0.15) is 5.69 Å². The minimum Gasteiger partial charge on any atom is -0.322 e. The van der Waals surface area contributed by atoms with Gasteiger partial charge in [-0.2, -0.15) is 5.10 Å². The van der Waals surface area contributed by atoms with Gasteiger partial charge in [0.25, 0.3) is 15.9 Å². The molecule has 9 nitrogen and oxygen atoms in total. The topological polar surface area (TPSA) is 119 Å². The number of nitrogens with one attached hydrogen (secondary N) is 2. The Morgan fingerprint density at radius 3 is 2.00 bits per heavy atom. The lowest BCUT2D eigenvalue weighted by molar-refractivity contribution is 0.102. The van der Waals surface area contributed by atoms with Gasteiger partial charge in [-0.1, -0.05) is 48.5 Å². The van der Waals surface area contributed by atoms with Crippen molar-refractivity contribution < 1.29 is 13.2 Å². The quantitative estimate of drug-likeness (QED) is 0.290. The summed E-state index contributed by atoms with van der Waals surface area (Å²) in [6, 6.07) is 26.7. The summed E-state index contributed by atoms with van der Waals surface area (Å²) in [6.07, 6.45) is 0. The minimum absolute atomic E-state index is 0.00391. The number of amides is 1. The van der Waals surface area contributed by atoms with Crippen LogP contribution in [-0.4, -0.2) is 34.1 Å². The zero-order valence-electron chi connectivity index (χ0n) is 21.6. The van der Waals surface area contributed by atoms with Crippen molar-refractivity contribution in [2.75, 3.05) is 10.0 Å². The van der Waals surface area contributed by atoms with Crippen LogP contribution in [-0.2, 0) is 10.0 Å². The molecule has 0 spiro atoms. The van der Waals surface area contributed by atoms with Crippen molar-refractivity contribution in [3.05, 3.63) is 114 Å². The van der Waals surface area contributed by atoms with Gasteiger partial charge in [-0.15, -0.1) is 0 Å². The van der Waals surface area contributed by atoms with Crippen LogP contribution in [0.25, 0.3) is 16.9 Å². The van der Waals surface area contributed by atoms with E-state index in [0.717, 1.165) is 11.3 Å². The Bertz CT molecular complexity index is 1730. The van der Waals surface area contributed by atoms with Crippen LogP contribution in [0, 0.1) is 20.8 Å². The molecule has 2 heterocycles. The number of carbonyl (C=O) groups is 1. The number of hydrogen-bond donors (Lipinski definition) is 2. The Kier molecular flexibility index (Phi) is 6.95. The van der Waals surface area contributed by atoms with Gasteiger partial charge in [0, 0.05) is 22.6 Å². The third-order valence-corrected chi connectivity index (χ3v) is 7.37. The number of para-hydroxylation sites is 1. The number of carbonyl (C=O) groups excluding carboxylic acids is 1. The molecule has 2 N–H and O–H groups in total. The van der Waals surface area contributed by atoms with Gasteiger partial charge in [-0.05, 0) is 63.2 Å². The summed E-state index contributed by atoms with van der Waals surface area (Å²) in [6.45, 7) is 5.37. The molecule has 0 atom stereocenters. The molecule has 10 heteroatoms. The van der Waals surface area contributed by atoms with Crippen LogP contribution in [0.15, 0.2) is 95.9 Å². The molecule has 5 aromatic rings. The lowest BCUT2D eigenvalue weighted by Gasteiger charge is -2.10. The molecule has 39 heavy (non-hydrogen) atoms. The van der Waals surface area contributed by atoms with Crippen LogP contribution in [0.1, 0.15) is 27.4 Å². The van der Waals surface area contributed by atoms with Crippen LogP contribution in [0.5, 0.6) is 0 Å². The van der Waals surface area contributed by atoms with Crippen molar-refractivity contribution in [3.8, 4) is 16.9 Å². The Balaban J connectivity index is 1.42. The maximum absolute atomic E-state index is 13.5. The van der Waals surface area contributed by atoms with E-state index in [1.165, 1.54) is 24.3 Å². The first-order valence-electron chi connectivity index (χ1n) is 12.2. The molecule has 0 saturated carbocycles. The molecule has 0 aliphatic rings. The second-order valence-corrected chi connectivity index (χ2v) is 10.7. The number of hydrogen-bond acceptors (Lipinski definition) is 6. The van der Waals surface area contributed by atoms with Crippen molar-refractivity contribution in [3.63, 3.8) is 0 Å². The third-order valence-electron chi connectivity index (χ3n) is 6.02. The van der Waals surface area contributed by atoms with E-state index in [1.807, 2.05) is 67.6 Å². The fourth-order valence-electron chi connectivity index (χ4n) is 4.25. The van der Waals surface area contributed by atoms with Crippen LogP contribution in [0.3, 0.4) is 0 Å². The normalized spacial score (nSPS) is 11.3. The van der Waals surface area contributed by atoms with Crippen LogP contribution in [0.2, 0.25) is 0 Å². The molecule has 0 saturated heterocycles. The molecule has 2 aromatic heterocycles. The van der Waals surface area contributed by atoms with E-state index in [9.17, 15) is 13.2 Å². The van der Waals surface area contributed by atoms with E-state index >= 15 is 0 Å². The zero-order valence-corrected chi connectivity index (χ0v) is 22.4. The predicted molar refractivity (Wildman–Crippen MR) is 150 cm³/mol. The van der Waals surface area contributed by atoms with E-state index in [-0.39, 0.29) is 16.8 Å². The molecule has 0 aliphatic heterocycles. The second kappa shape index (κ2) is 10.5. The highest BCUT2D eigenvalue weighted by molar-refractivity contribution is 7.92. The summed E-state index contributed by atoms with van der Waals surface area (Å²) in [5.41, 5.74) is 5.03. The molecule has 3 aromatic carbocycles. The molecule has 0 fully saturated rings. The highest BCUT2D eigenvalue weighted by atomic mass is 32.2. The third kappa shape index (κ3) is 5.55. The Morgan fingerprint density at radius 1 is 0.795 bits per heavy atom. The van der Waals surface area contributed by atoms with Gasteiger partial charge < -0.3 is 5.32 Å². The molecular weight excluding hydrogens is 512 g/mol. The van der Waals surface area contributed by atoms with Crippen LogP contribution in [0.4, 0.5) is 11.6 Å². The van der Waals surface area contributed by atoms with E-state index in [2.05, 4.69) is 20.0 Å². The van der Waals surface area contributed by atoms with E-state index in [4.69, 9.17) is 5.10 Å². The number of nitrogens with zero attached hydrogens (tertiary/aromatic N) is 4. The standard InChI is InChI=1S/C29H26N6O3S/c1-19-18-20(2)31-29(30-19)34-39(37,38)25-16-14-23(15-17-25)32-28(36)26-21(3)35(24-12-8-5-9-13-24)33-27(26)22-10-6-4-7-11-22/h4-18H,1-3H3,(H,32,36)(H,30,31,34). The smallest absolute Gasteiger partial charge is 0.264 e. The maximum Gasteiger partial charge on any atom is 0.264 e. The number of sulfonamides is 1. The van der Waals surface area contributed by atoms with Gasteiger partial charge in [-0.3, -0.25) is 4.79 Å². The summed E-state index contributed by atoms with van der Waals surface area (Å²) < 4.78 is 29.9. The maximum atomic E-state index is 13.5. The molecule has 1 amide bonds. The van der Waals surface area contributed by atoms with Crippen molar-refractivity contribution >= 4 is 27.6 Å². The van der Waals surface area contributed by atoms with Gasteiger partial charge in [0.15, 0.2) is 0 Å². The second-order valence-electron chi connectivity index (χ2n) is 8.98. The van der Waals surface area contributed by atoms with E-state index in [0.29, 0.717) is 34.0 Å². The van der Waals surface area contributed by atoms with E-state index in [1.54, 1.807) is 24.6 Å². The Labute approximate surface area is 226 Å². The Morgan fingerprint density at radius 2 is 1.38 bits per heavy atom. The molecule has 0 unspecified atom stereocenters. The first kappa shape index (κ1) is 25.8. The molecule has 196 valence electrons. The average molecular weight is 539 g/mol. The monoisotopic (exact) mass is 538 g/mol. The highest BCUT2D eigenvalue weighted by Crippen LogP contribution is 2.28. The van der Waals surface area contributed by atoms with Gasteiger partial charge in [0.2, 0.25) is 5.95 Å². The summed E-state index contributed by atoms with van der Waals surface area (Å²) in [4.78, 5) is 21.8. The molecular formula is C29H26N6O3S. The lowest BCUT2D eigenvalue weighted by atomic mass is 10.1. The van der Waals surface area contributed by atoms with E-state index < -0.39 is 10.0 Å². The fraction of sp³-hybridized carbons (Fsp3) is 0.103. The predicted octanol–water partition coefficient (Wildman–Crippen LogP) is 5.31. The fourth-order valence-corrected chi connectivity index (χ4v) is 5.20. The first-order valence-corrected chi connectivity index (χ1v) is 13.7. The van der Waals surface area contributed by atoms with Gasteiger partial charge in [-0.25, -0.2) is 27.8 Å². The highest BCUT2D eigenvalue weighted by Gasteiger charge is 2.24. The number of anilines is 2. The van der Waals surface area contributed by atoms with Crippen molar-refractivity contribution in [1.29, 1.82) is 0 Å². The molecule has 0 radical (unpaired) electrons. The number of benzene rings is 3. The number of aryl methyl sites for hydroxylation is 2. The first-order chi connectivity index (χ1) is 18.7. The summed E-state index contributed by atoms with van der Waals surface area (Å²) in [5.74, 6) is -0.352. The van der Waals surface area contributed by atoms with Crippen molar-refractivity contribution in [1.82, 2.24) is 19.7 Å². The van der Waals surface area contributed by atoms with Gasteiger partial charge in [0.05, 0.1) is 21.8 Å².